The Morgan fingerprint density at radius 1 is 1.35 bits per heavy atom. The predicted molar refractivity (Wildman–Crippen MR) is 68.9 cm³/mol. The van der Waals surface area contributed by atoms with E-state index in [1.165, 1.54) is 18.4 Å². The summed E-state index contributed by atoms with van der Waals surface area (Å²) in [4.78, 5) is 11.9. The van der Waals surface area contributed by atoms with Gasteiger partial charge in [-0.1, -0.05) is 17.7 Å². The van der Waals surface area contributed by atoms with Crippen LogP contribution in [0, 0.1) is 12.3 Å². The molecule has 17 heavy (non-hydrogen) atoms. The average Bonchev–Trinajstić information content (AvgIpc) is 3.08. The first kappa shape index (κ1) is 12.1. The van der Waals surface area contributed by atoms with Gasteiger partial charge in [-0.25, -0.2) is 0 Å². The van der Waals surface area contributed by atoms with Crippen molar-refractivity contribution >= 4 is 5.91 Å². The zero-order valence-electron chi connectivity index (χ0n) is 10.3. The van der Waals surface area contributed by atoms with Crippen molar-refractivity contribution in [2.45, 2.75) is 26.2 Å². The summed E-state index contributed by atoms with van der Waals surface area (Å²) >= 11 is 0. The molecule has 3 heteroatoms. The van der Waals surface area contributed by atoms with Gasteiger partial charge < -0.3 is 11.1 Å². The van der Waals surface area contributed by atoms with Gasteiger partial charge in [0.2, 0.25) is 0 Å². The molecule has 1 saturated carbocycles. The van der Waals surface area contributed by atoms with Gasteiger partial charge in [-0.05, 0) is 50.3 Å². The van der Waals surface area contributed by atoms with Crippen LogP contribution < -0.4 is 11.1 Å². The normalized spacial score (nSPS) is 16.6. The molecule has 1 aromatic rings. The summed E-state index contributed by atoms with van der Waals surface area (Å²) in [5.74, 6) is 0.0216. The van der Waals surface area contributed by atoms with Crippen molar-refractivity contribution in [1.82, 2.24) is 5.32 Å². The Hall–Kier alpha value is -1.35. The van der Waals surface area contributed by atoms with E-state index >= 15 is 0 Å². The number of aryl methyl sites for hydroxylation is 1. The van der Waals surface area contributed by atoms with Gasteiger partial charge in [-0.15, -0.1) is 0 Å². The molecule has 3 nitrogen and oxygen atoms in total. The monoisotopic (exact) mass is 232 g/mol. The summed E-state index contributed by atoms with van der Waals surface area (Å²) < 4.78 is 0. The largest absolute Gasteiger partial charge is 0.351 e. The SMILES string of the molecule is Cc1ccc(C(=O)NCC2(CCN)CC2)cc1. The maximum Gasteiger partial charge on any atom is 0.251 e. The minimum Gasteiger partial charge on any atom is -0.351 e. The van der Waals surface area contributed by atoms with E-state index < -0.39 is 0 Å². The smallest absolute Gasteiger partial charge is 0.251 e. The number of hydrogen-bond acceptors (Lipinski definition) is 2. The van der Waals surface area contributed by atoms with Gasteiger partial charge >= 0.3 is 0 Å². The third-order valence-corrected chi connectivity index (χ3v) is 3.57. The minimum atomic E-state index is 0.0216. The summed E-state index contributed by atoms with van der Waals surface area (Å²) in [7, 11) is 0. The Bertz CT molecular complexity index is 393. The van der Waals surface area contributed by atoms with Crippen LogP contribution in [0.15, 0.2) is 24.3 Å². The zero-order valence-corrected chi connectivity index (χ0v) is 10.3. The van der Waals surface area contributed by atoms with Crippen LogP contribution in [-0.4, -0.2) is 19.0 Å². The van der Waals surface area contributed by atoms with E-state index in [1.807, 2.05) is 31.2 Å². The third-order valence-electron chi connectivity index (χ3n) is 3.57. The summed E-state index contributed by atoms with van der Waals surface area (Å²) in [6, 6.07) is 7.66. The summed E-state index contributed by atoms with van der Waals surface area (Å²) in [5, 5.41) is 3.01. The molecule has 1 fully saturated rings. The molecule has 3 N–H and O–H groups in total. The van der Waals surface area contributed by atoms with E-state index in [1.54, 1.807) is 0 Å². The molecule has 0 heterocycles. The molecule has 0 radical (unpaired) electrons. The van der Waals surface area contributed by atoms with Crippen molar-refractivity contribution in [3.8, 4) is 0 Å². The van der Waals surface area contributed by atoms with Gasteiger partial charge in [0.1, 0.15) is 0 Å². The summed E-state index contributed by atoms with van der Waals surface area (Å²) in [5.41, 5.74) is 7.78. The number of carbonyl (C=O) groups is 1. The second-order valence-corrected chi connectivity index (χ2v) is 5.09. The van der Waals surface area contributed by atoms with Crippen molar-refractivity contribution in [3.05, 3.63) is 35.4 Å². The maximum absolute atomic E-state index is 11.9. The maximum atomic E-state index is 11.9. The predicted octanol–water partition coefficient (Wildman–Crippen LogP) is 1.85. The van der Waals surface area contributed by atoms with Gasteiger partial charge in [0.15, 0.2) is 0 Å². The average molecular weight is 232 g/mol. The van der Waals surface area contributed by atoms with E-state index in [0.717, 1.165) is 18.5 Å². The van der Waals surface area contributed by atoms with E-state index in [-0.39, 0.29) is 5.91 Å². The van der Waals surface area contributed by atoms with Crippen LogP contribution in [0.1, 0.15) is 35.2 Å². The standard InChI is InChI=1S/C14H20N2O/c1-11-2-4-12(5-3-11)13(17)16-10-14(6-7-14)8-9-15/h2-5H,6-10,15H2,1H3,(H,16,17). The number of benzene rings is 1. The molecule has 92 valence electrons. The summed E-state index contributed by atoms with van der Waals surface area (Å²) in [6.07, 6.45) is 3.40. The second kappa shape index (κ2) is 4.88. The van der Waals surface area contributed by atoms with Crippen molar-refractivity contribution < 1.29 is 4.79 Å². The highest BCUT2D eigenvalue weighted by molar-refractivity contribution is 5.94. The molecule has 0 saturated heterocycles. The molecular weight excluding hydrogens is 212 g/mol. The third kappa shape index (κ3) is 3.07. The minimum absolute atomic E-state index is 0.0216. The van der Waals surface area contributed by atoms with Crippen LogP contribution in [0.25, 0.3) is 0 Å². The van der Waals surface area contributed by atoms with Crippen molar-refractivity contribution in [2.75, 3.05) is 13.1 Å². The topological polar surface area (TPSA) is 55.1 Å². The molecule has 1 aliphatic rings. The highest BCUT2D eigenvalue weighted by atomic mass is 16.1. The first-order valence-electron chi connectivity index (χ1n) is 6.20. The lowest BCUT2D eigenvalue weighted by Crippen LogP contribution is -2.31. The number of amides is 1. The van der Waals surface area contributed by atoms with E-state index in [4.69, 9.17) is 5.73 Å². The number of nitrogens with one attached hydrogen (secondary N) is 1. The van der Waals surface area contributed by atoms with Crippen molar-refractivity contribution in [2.24, 2.45) is 11.1 Å². The highest BCUT2D eigenvalue weighted by Gasteiger charge is 2.41. The van der Waals surface area contributed by atoms with E-state index in [2.05, 4.69) is 5.32 Å². The fourth-order valence-electron chi connectivity index (χ4n) is 2.07. The molecule has 0 aliphatic heterocycles. The van der Waals surface area contributed by atoms with Crippen molar-refractivity contribution in [3.63, 3.8) is 0 Å². The molecule has 0 aromatic heterocycles. The van der Waals surface area contributed by atoms with Crippen LogP contribution in [0.2, 0.25) is 0 Å². The fraction of sp³-hybridized carbons (Fsp3) is 0.500. The number of rotatable bonds is 5. The molecule has 1 aromatic carbocycles. The fourth-order valence-corrected chi connectivity index (χ4v) is 2.07. The molecular formula is C14H20N2O. The number of carbonyl (C=O) groups excluding carboxylic acids is 1. The lowest BCUT2D eigenvalue weighted by atomic mass is 10.0. The lowest BCUT2D eigenvalue weighted by molar-refractivity contribution is 0.0944. The quantitative estimate of drug-likeness (QED) is 0.814. The molecule has 0 bridgehead atoms. The lowest BCUT2D eigenvalue weighted by Gasteiger charge is -2.14. The Balaban J connectivity index is 1.87. The zero-order chi connectivity index (χ0) is 12.3. The molecule has 1 aliphatic carbocycles. The van der Waals surface area contributed by atoms with E-state index in [9.17, 15) is 4.79 Å². The van der Waals surface area contributed by atoms with Crippen LogP contribution in [0.3, 0.4) is 0 Å². The Kier molecular flexibility index (Phi) is 3.48. The first-order chi connectivity index (χ1) is 8.15. The van der Waals surface area contributed by atoms with Crippen LogP contribution in [0.4, 0.5) is 0 Å². The van der Waals surface area contributed by atoms with Gasteiger partial charge in [0.05, 0.1) is 0 Å². The van der Waals surface area contributed by atoms with Gasteiger partial charge in [-0.2, -0.15) is 0 Å². The van der Waals surface area contributed by atoms with E-state index in [0.29, 0.717) is 12.0 Å². The molecule has 1 amide bonds. The molecule has 0 atom stereocenters. The van der Waals surface area contributed by atoms with Gasteiger partial charge in [-0.3, -0.25) is 4.79 Å². The second-order valence-electron chi connectivity index (χ2n) is 5.09. The van der Waals surface area contributed by atoms with Gasteiger partial charge in [0, 0.05) is 12.1 Å². The van der Waals surface area contributed by atoms with Crippen molar-refractivity contribution in [1.29, 1.82) is 0 Å². The number of nitrogens with two attached hydrogens (primary N) is 1. The van der Waals surface area contributed by atoms with Crippen LogP contribution in [-0.2, 0) is 0 Å². The van der Waals surface area contributed by atoms with Crippen LogP contribution >= 0.6 is 0 Å². The molecule has 0 unspecified atom stereocenters. The Labute approximate surface area is 102 Å². The number of hydrogen-bond donors (Lipinski definition) is 2. The molecule has 0 spiro atoms. The Morgan fingerprint density at radius 3 is 2.53 bits per heavy atom. The molecule has 2 rings (SSSR count). The van der Waals surface area contributed by atoms with Crippen LogP contribution in [0.5, 0.6) is 0 Å². The highest BCUT2D eigenvalue weighted by Crippen LogP contribution is 2.47. The van der Waals surface area contributed by atoms with Gasteiger partial charge in [0.25, 0.3) is 5.91 Å². The first-order valence-corrected chi connectivity index (χ1v) is 6.20. The Morgan fingerprint density at radius 2 is 2.00 bits per heavy atom. The summed E-state index contributed by atoms with van der Waals surface area (Å²) in [6.45, 7) is 3.49.